The normalized spacial score (nSPS) is 20.9. The van der Waals surface area contributed by atoms with Gasteiger partial charge in [0.15, 0.2) is 0 Å². The van der Waals surface area contributed by atoms with Crippen LogP contribution < -0.4 is 10.0 Å². The van der Waals surface area contributed by atoms with Crippen LogP contribution in [-0.2, 0) is 14.8 Å². The summed E-state index contributed by atoms with van der Waals surface area (Å²) in [5.41, 5.74) is 0. The Morgan fingerprint density at radius 2 is 2.30 bits per heavy atom. The molecular weight excluding hydrogens is 302 g/mol. The minimum Gasteiger partial charge on any atom is -0.381 e. The van der Waals surface area contributed by atoms with Gasteiger partial charge in [0.05, 0.1) is 11.6 Å². The fourth-order valence-electron chi connectivity index (χ4n) is 2.11. The SMILES string of the molecule is CNc1ncc(S(=O)(=O)NC(C)C2CCOC2)cc1Cl. The van der Waals surface area contributed by atoms with E-state index in [2.05, 4.69) is 15.0 Å². The molecule has 0 radical (unpaired) electrons. The van der Waals surface area contributed by atoms with Crippen molar-refractivity contribution < 1.29 is 13.2 Å². The third-order valence-corrected chi connectivity index (χ3v) is 5.19. The highest BCUT2D eigenvalue weighted by atomic mass is 35.5. The Morgan fingerprint density at radius 1 is 1.55 bits per heavy atom. The van der Waals surface area contributed by atoms with Gasteiger partial charge in [-0.05, 0) is 19.4 Å². The third kappa shape index (κ3) is 3.41. The standard InChI is InChI=1S/C12H18ClN3O3S/c1-8(9-3-4-19-7-9)16-20(17,18)10-5-11(13)12(14-2)15-6-10/h5-6,8-9,16H,3-4,7H2,1-2H3,(H,14,15). The maximum Gasteiger partial charge on any atom is 0.242 e. The highest BCUT2D eigenvalue weighted by Gasteiger charge is 2.27. The number of nitrogens with zero attached hydrogens (tertiary/aromatic N) is 1. The molecule has 6 nitrogen and oxygen atoms in total. The van der Waals surface area contributed by atoms with E-state index in [-0.39, 0.29) is 21.9 Å². The zero-order valence-electron chi connectivity index (χ0n) is 11.4. The number of hydrogen-bond donors (Lipinski definition) is 2. The predicted molar refractivity (Wildman–Crippen MR) is 77.5 cm³/mol. The summed E-state index contributed by atoms with van der Waals surface area (Å²) in [4.78, 5) is 4.04. The maximum absolute atomic E-state index is 12.3. The summed E-state index contributed by atoms with van der Waals surface area (Å²) in [6.45, 7) is 3.11. The third-order valence-electron chi connectivity index (χ3n) is 3.38. The van der Waals surface area contributed by atoms with Gasteiger partial charge in [-0.2, -0.15) is 0 Å². The van der Waals surface area contributed by atoms with Crippen LogP contribution in [0.25, 0.3) is 0 Å². The molecule has 2 unspecified atom stereocenters. The molecule has 1 saturated heterocycles. The first-order chi connectivity index (χ1) is 9.44. The molecule has 1 aliphatic heterocycles. The van der Waals surface area contributed by atoms with E-state index in [1.54, 1.807) is 7.05 Å². The van der Waals surface area contributed by atoms with E-state index in [0.29, 0.717) is 19.0 Å². The zero-order valence-corrected chi connectivity index (χ0v) is 13.0. The molecule has 20 heavy (non-hydrogen) atoms. The minimum absolute atomic E-state index is 0.0623. The van der Waals surface area contributed by atoms with Gasteiger partial charge < -0.3 is 10.1 Å². The number of ether oxygens (including phenoxy) is 1. The molecular formula is C12H18ClN3O3S. The van der Waals surface area contributed by atoms with E-state index in [1.807, 2.05) is 6.92 Å². The van der Waals surface area contributed by atoms with E-state index in [0.717, 1.165) is 6.42 Å². The Morgan fingerprint density at radius 3 is 2.85 bits per heavy atom. The van der Waals surface area contributed by atoms with Crippen molar-refractivity contribution in [2.75, 3.05) is 25.6 Å². The van der Waals surface area contributed by atoms with Gasteiger partial charge in [-0.25, -0.2) is 18.1 Å². The highest BCUT2D eigenvalue weighted by molar-refractivity contribution is 7.89. The van der Waals surface area contributed by atoms with Gasteiger partial charge in [-0.15, -0.1) is 0 Å². The molecule has 2 atom stereocenters. The molecule has 0 amide bonds. The van der Waals surface area contributed by atoms with Crippen molar-refractivity contribution in [1.29, 1.82) is 0 Å². The molecule has 2 N–H and O–H groups in total. The number of anilines is 1. The Hall–Kier alpha value is -0.890. The first kappa shape index (κ1) is 15.5. The molecule has 0 bridgehead atoms. The molecule has 1 fully saturated rings. The number of pyridine rings is 1. The second-order valence-corrected chi connectivity index (χ2v) is 6.91. The Kier molecular flexibility index (Phi) is 4.85. The molecule has 1 aliphatic rings. The van der Waals surface area contributed by atoms with E-state index < -0.39 is 10.0 Å². The van der Waals surface area contributed by atoms with Gasteiger partial charge in [-0.3, -0.25) is 0 Å². The van der Waals surface area contributed by atoms with E-state index >= 15 is 0 Å². The van der Waals surface area contributed by atoms with Crippen LogP contribution in [0.3, 0.4) is 0 Å². The fraction of sp³-hybridized carbons (Fsp3) is 0.583. The van der Waals surface area contributed by atoms with Crippen molar-refractivity contribution in [2.45, 2.75) is 24.3 Å². The van der Waals surface area contributed by atoms with Gasteiger partial charge in [0.1, 0.15) is 10.7 Å². The van der Waals surface area contributed by atoms with Crippen LogP contribution in [0.15, 0.2) is 17.2 Å². The van der Waals surface area contributed by atoms with Crippen molar-refractivity contribution in [3.8, 4) is 0 Å². The number of sulfonamides is 1. The summed E-state index contributed by atoms with van der Waals surface area (Å²) in [6, 6.07) is 1.20. The molecule has 8 heteroatoms. The number of aromatic nitrogens is 1. The molecule has 0 aliphatic carbocycles. The van der Waals surface area contributed by atoms with Gasteiger partial charge >= 0.3 is 0 Å². The first-order valence-electron chi connectivity index (χ1n) is 6.37. The van der Waals surface area contributed by atoms with Crippen LogP contribution >= 0.6 is 11.6 Å². The van der Waals surface area contributed by atoms with Crippen molar-refractivity contribution >= 4 is 27.4 Å². The van der Waals surface area contributed by atoms with Crippen molar-refractivity contribution in [3.63, 3.8) is 0 Å². The molecule has 0 aromatic carbocycles. The summed E-state index contributed by atoms with van der Waals surface area (Å²) in [5, 5.41) is 3.06. The Labute approximate surface area is 123 Å². The summed E-state index contributed by atoms with van der Waals surface area (Å²) in [7, 11) is -1.96. The number of halogens is 1. The number of hydrogen-bond acceptors (Lipinski definition) is 5. The molecule has 0 spiro atoms. The monoisotopic (exact) mass is 319 g/mol. The van der Waals surface area contributed by atoms with Gasteiger partial charge in [0.2, 0.25) is 10.0 Å². The second kappa shape index (κ2) is 6.26. The summed E-state index contributed by atoms with van der Waals surface area (Å²) in [6.07, 6.45) is 2.15. The van der Waals surface area contributed by atoms with Gasteiger partial charge in [0, 0.05) is 31.8 Å². The van der Waals surface area contributed by atoms with E-state index in [9.17, 15) is 8.42 Å². The van der Waals surface area contributed by atoms with Gasteiger partial charge in [0.25, 0.3) is 0 Å². The zero-order chi connectivity index (χ0) is 14.8. The average molecular weight is 320 g/mol. The van der Waals surface area contributed by atoms with Gasteiger partial charge in [-0.1, -0.05) is 11.6 Å². The molecule has 0 saturated carbocycles. The second-order valence-electron chi connectivity index (χ2n) is 4.79. The summed E-state index contributed by atoms with van der Waals surface area (Å²) in [5.74, 6) is 0.646. The quantitative estimate of drug-likeness (QED) is 0.859. The van der Waals surface area contributed by atoms with Crippen LogP contribution in [0, 0.1) is 5.92 Å². The highest BCUT2D eigenvalue weighted by Crippen LogP contribution is 2.23. The van der Waals surface area contributed by atoms with Crippen LogP contribution in [0.1, 0.15) is 13.3 Å². The number of rotatable bonds is 5. The van der Waals surface area contributed by atoms with Crippen LogP contribution in [0.4, 0.5) is 5.82 Å². The van der Waals surface area contributed by atoms with Crippen molar-refractivity contribution in [1.82, 2.24) is 9.71 Å². The fourth-order valence-corrected chi connectivity index (χ4v) is 3.72. The van der Waals surface area contributed by atoms with E-state index in [4.69, 9.17) is 16.3 Å². The summed E-state index contributed by atoms with van der Waals surface area (Å²) < 4.78 is 32.5. The topological polar surface area (TPSA) is 80.3 Å². The lowest BCUT2D eigenvalue weighted by atomic mass is 10.0. The largest absolute Gasteiger partial charge is 0.381 e. The Balaban J connectivity index is 2.15. The van der Waals surface area contributed by atoms with Crippen molar-refractivity contribution in [3.05, 3.63) is 17.3 Å². The summed E-state index contributed by atoms with van der Waals surface area (Å²) >= 11 is 5.96. The number of nitrogens with one attached hydrogen (secondary N) is 2. The molecule has 112 valence electrons. The van der Waals surface area contributed by atoms with Crippen LogP contribution in [0.5, 0.6) is 0 Å². The van der Waals surface area contributed by atoms with Crippen molar-refractivity contribution in [2.24, 2.45) is 5.92 Å². The smallest absolute Gasteiger partial charge is 0.242 e. The maximum atomic E-state index is 12.3. The molecule has 2 heterocycles. The minimum atomic E-state index is -3.62. The van der Waals surface area contributed by atoms with Crippen LogP contribution in [0.2, 0.25) is 5.02 Å². The lowest BCUT2D eigenvalue weighted by Crippen LogP contribution is -2.38. The Bertz CT molecular complexity index is 573. The molecule has 1 aromatic rings. The first-order valence-corrected chi connectivity index (χ1v) is 8.23. The lowest BCUT2D eigenvalue weighted by Gasteiger charge is -2.19. The molecule has 1 aromatic heterocycles. The predicted octanol–water partition coefficient (Wildman–Crippen LogP) is 1.48. The van der Waals surface area contributed by atoms with E-state index in [1.165, 1.54) is 12.3 Å². The lowest BCUT2D eigenvalue weighted by molar-refractivity contribution is 0.180. The molecule has 2 rings (SSSR count). The van der Waals surface area contributed by atoms with Crippen LogP contribution in [-0.4, -0.2) is 39.7 Å². The average Bonchev–Trinajstić information content (AvgIpc) is 2.92.